The number of thiol groups is 1. The summed E-state index contributed by atoms with van der Waals surface area (Å²) < 4.78 is 0. The highest BCUT2D eigenvalue weighted by Crippen LogP contribution is 2.06. The predicted octanol–water partition coefficient (Wildman–Crippen LogP) is 0.641. The topological polar surface area (TPSA) is 92.4 Å². The fourth-order valence-electron chi connectivity index (χ4n) is 1.39. The van der Waals surface area contributed by atoms with Crippen LogP contribution in [0.1, 0.15) is 32.6 Å². The third-order valence-corrected chi connectivity index (χ3v) is 2.83. The standard InChI is InChI=1S/C11H22N2O3S/c1-8(5-7-17)10(14)13-9(11(15)16)4-2-3-6-12/h8-9,17H,2-7,12H2,1H3,(H,13,14)(H,15,16)/t8-,9?/m0/s1. The number of rotatable bonds is 9. The van der Waals surface area contributed by atoms with Crippen LogP contribution in [0, 0.1) is 5.92 Å². The number of hydrogen-bond donors (Lipinski definition) is 4. The maximum absolute atomic E-state index is 11.6. The molecule has 100 valence electrons. The minimum Gasteiger partial charge on any atom is -0.480 e. The maximum atomic E-state index is 11.6. The van der Waals surface area contributed by atoms with Gasteiger partial charge < -0.3 is 16.2 Å². The fraction of sp³-hybridized carbons (Fsp3) is 0.818. The zero-order valence-electron chi connectivity index (χ0n) is 10.2. The van der Waals surface area contributed by atoms with Gasteiger partial charge in [0, 0.05) is 5.92 Å². The summed E-state index contributed by atoms with van der Waals surface area (Å²) in [5.41, 5.74) is 5.34. The lowest BCUT2D eigenvalue weighted by molar-refractivity contribution is -0.142. The number of carboxylic acids is 1. The van der Waals surface area contributed by atoms with Crippen LogP contribution in [-0.4, -0.2) is 35.3 Å². The molecule has 0 fully saturated rings. The molecular weight excluding hydrogens is 240 g/mol. The first kappa shape index (κ1) is 16.2. The Morgan fingerprint density at radius 3 is 2.47 bits per heavy atom. The van der Waals surface area contributed by atoms with Gasteiger partial charge in [0.15, 0.2) is 0 Å². The summed E-state index contributed by atoms with van der Waals surface area (Å²) in [6.45, 7) is 2.31. The molecule has 1 unspecified atom stereocenters. The maximum Gasteiger partial charge on any atom is 0.326 e. The summed E-state index contributed by atoms with van der Waals surface area (Å²) in [5.74, 6) is -0.809. The second-order valence-corrected chi connectivity index (χ2v) is 4.54. The quantitative estimate of drug-likeness (QED) is 0.362. The molecule has 0 heterocycles. The van der Waals surface area contributed by atoms with Crippen LogP contribution in [0.5, 0.6) is 0 Å². The Morgan fingerprint density at radius 2 is 2.00 bits per heavy atom. The molecule has 0 saturated carbocycles. The van der Waals surface area contributed by atoms with Gasteiger partial charge in [-0.2, -0.15) is 12.6 Å². The lowest BCUT2D eigenvalue weighted by Crippen LogP contribution is -2.43. The minimum atomic E-state index is -0.992. The van der Waals surface area contributed by atoms with Crippen molar-refractivity contribution in [1.82, 2.24) is 5.32 Å². The first-order valence-corrected chi connectivity index (χ1v) is 6.50. The Bertz CT molecular complexity index is 249. The molecule has 2 atom stereocenters. The van der Waals surface area contributed by atoms with Crippen molar-refractivity contribution in [2.45, 2.75) is 38.6 Å². The Balaban J connectivity index is 4.15. The van der Waals surface area contributed by atoms with Crippen molar-refractivity contribution in [1.29, 1.82) is 0 Å². The van der Waals surface area contributed by atoms with Gasteiger partial charge in [0.1, 0.15) is 6.04 Å². The highest BCUT2D eigenvalue weighted by atomic mass is 32.1. The molecule has 4 N–H and O–H groups in total. The van der Waals surface area contributed by atoms with Crippen molar-refractivity contribution in [2.24, 2.45) is 11.7 Å². The Hall–Kier alpha value is -0.750. The smallest absolute Gasteiger partial charge is 0.326 e. The molecular formula is C11H22N2O3S. The Kier molecular flexibility index (Phi) is 8.89. The monoisotopic (exact) mass is 262 g/mol. The number of nitrogens with two attached hydrogens (primary N) is 1. The van der Waals surface area contributed by atoms with E-state index in [2.05, 4.69) is 17.9 Å². The molecule has 1 amide bonds. The number of hydrogen-bond acceptors (Lipinski definition) is 4. The van der Waals surface area contributed by atoms with E-state index in [0.29, 0.717) is 31.6 Å². The fourth-order valence-corrected chi connectivity index (χ4v) is 1.78. The third-order valence-electron chi connectivity index (χ3n) is 2.57. The van der Waals surface area contributed by atoms with Crippen LogP contribution in [0.15, 0.2) is 0 Å². The van der Waals surface area contributed by atoms with Crippen LogP contribution in [0.4, 0.5) is 0 Å². The van der Waals surface area contributed by atoms with Crippen molar-refractivity contribution in [3.8, 4) is 0 Å². The van der Waals surface area contributed by atoms with E-state index in [1.165, 1.54) is 0 Å². The number of unbranched alkanes of at least 4 members (excludes halogenated alkanes) is 1. The zero-order valence-corrected chi connectivity index (χ0v) is 11.1. The van der Waals surface area contributed by atoms with E-state index in [9.17, 15) is 9.59 Å². The summed E-state index contributed by atoms with van der Waals surface area (Å²) >= 11 is 4.04. The van der Waals surface area contributed by atoms with E-state index >= 15 is 0 Å². The molecule has 0 saturated heterocycles. The lowest BCUT2D eigenvalue weighted by Gasteiger charge is -2.17. The molecule has 0 bridgehead atoms. The second-order valence-electron chi connectivity index (χ2n) is 4.10. The van der Waals surface area contributed by atoms with E-state index in [-0.39, 0.29) is 11.8 Å². The van der Waals surface area contributed by atoms with Gasteiger partial charge >= 0.3 is 5.97 Å². The predicted molar refractivity (Wildman–Crippen MR) is 70.1 cm³/mol. The van der Waals surface area contributed by atoms with Crippen molar-refractivity contribution in [2.75, 3.05) is 12.3 Å². The molecule has 0 aliphatic rings. The summed E-state index contributed by atoms with van der Waals surface area (Å²) in [7, 11) is 0. The van der Waals surface area contributed by atoms with Gasteiger partial charge in [-0.05, 0) is 38.0 Å². The highest BCUT2D eigenvalue weighted by Gasteiger charge is 2.21. The molecule has 0 spiro atoms. The van der Waals surface area contributed by atoms with Gasteiger partial charge in [0.2, 0.25) is 5.91 Å². The molecule has 0 radical (unpaired) electrons. The number of carbonyl (C=O) groups is 2. The lowest BCUT2D eigenvalue weighted by atomic mass is 10.1. The van der Waals surface area contributed by atoms with Crippen LogP contribution >= 0.6 is 12.6 Å². The largest absolute Gasteiger partial charge is 0.480 e. The van der Waals surface area contributed by atoms with Crippen LogP contribution < -0.4 is 11.1 Å². The normalized spacial score (nSPS) is 14.1. The number of carboxylic acid groups (broad SMARTS) is 1. The third kappa shape index (κ3) is 7.23. The van der Waals surface area contributed by atoms with E-state index in [1.54, 1.807) is 6.92 Å². The van der Waals surface area contributed by atoms with E-state index in [0.717, 1.165) is 6.42 Å². The summed E-state index contributed by atoms with van der Waals surface area (Å²) in [6, 6.07) is -0.809. The molecule has 6 heteroatoms. The molecule has 0 aromatic carbocycles. The average Bonchev–Trinajstić information content (AvgIpc) is 2.27. The van der Waals surface area contributed by atoms with Crippen molar-refractivity contribution < 1.29 is 14.7 Å². The summed E-state index contributed by atoms with van der Waals surface area (Å²) in [5, 5.41) is 11.5. The van der Waals surface area contributed by atoms with Gasteiger partial charge in [-0.3, -0.25) is 4.79 Å². The van der Waals surface area contributed by atoms with Gasteiger partial charge in [0.05, 0.1) is 0 Å². The van der Waals surface area contributed by atoms with E-state index in [1.807, 2.05) is 0 Å². The summed E-state index contributed by atoms with van der Waals surface area (Å²) in [6.07, 6.45) is 2.54. The van der Waals surface area contributed by atoms with Gasteiger partial charge in [-0.15, -0.1) is 0 Å². The molecule has 5 nitrogen and oxygen atoms in total. The molecule has 0 aromatic rings. The van der Waals surface area contributed by atoms with Gasteiger partial charge in [-0.25, -0.2) is 4.79 Å². The van der Waals surface area contributed by atoms with Gasteiger partial charge in [0.25, 0.3) is 0 Å². The van der Waals surface area contributed by atoms with Crippen LogP contribution in [-0.2, 0) is 9.59 Å². The van der Waals surface area contributed by atoms with E-state index in [4.69, 9.17) is 10.8 Å². The number of amides is 1. The second kappa shape index (κ2) is 9.30. The van der Waals surface area contributed by atoms with Crippen molar-refractivity contribution in [3.63, 3.8) is 0 Å². The highest BCUT2D eigenvalue weighted by molar-refractivity contribution is 7.80. The molecule has 0 aliphatic heterocycles. The minimum absolute atomic E-state index is 0.205. The molecule has 0 rings (SSSR count). The van der Waals surface area contributed by atoms with Crippen molar-refractivity contribution >= 4 is 24.5 Å². The molecule has 0 aliphatic carbocycles. The van der Waals surface area contributed by atoms with E-state index < -0.39 is 12.0 Å². The first-order valence-electron chi connectivity index (χ1n) is 5.87. The van der Waals surface area contributed by atoms with Crippen LogP contribution in [0.2, 0.25) is 0 Å². The van der Waals surface area contributed by atoms with Crippen molar-refractivity contribution in [3.05, 3.63) is 0 Å². The number of carbonyl (C=O) groups excluding carboxylic acids is 1. The van der Waals surface area contributed by atoms with Crippen LogP contribution in [0.25, 0.3) is 0 Å². The number of nitrogens with one attached hydrogen (secondary N) is 1. The Morgan fingerprint density at radius 1 is 1.35 bits per heavy atom. The average molecular weight is 262 g/mol. The molecule has 17 heavy (non-hydrogen) atoms. The SMILES string of the molecule is C[C@@H](CCS)C(=O)NC(CCCCN)C(=O)O. The Labute approximate surface area is 108 Å². The zero-order chi connectivity index (χ0) is 13.3. The summed E-state index contributed by atoms with van der Waals surface area (Å²) in [4.78, 5) is 22.6. The van der Waals surface area contributed by atoms with Gasteiger partial charge in [-0.1, -0.05) is 6.92 Å². The number of aliphatic carboxylic acids is 1. The molecule has 0 aromatic heterocycles. The van der Waals surface area contributed by atoms with Crippen LogP contribution in [0.3, 0.4) is 0 Å². The first-order chi connectivity index (χ1) is 8.02.